The van der Waals surface area contributed by atoms with Gasteiger partial charge in [0, 0.05) is 7.05 Å². The molecule has 0 aromatic heterocycles. The molecule has 0 saturated heterocycles. The summed E-state index contributed by atoms with van der Waals surface area (Å²) in [6, 6.07) is 0. The summed E-state index contributed by atoms with van der Waals surface area (Å²) in [7, 11) is 1.82. The van der Waals surface area contributed by atoms with Gasteiger partial charge in [-0.05, 0) is 25.7 Å². The zero-order chi connectivity index (χ0) is 7.98. The summed E-state index contributed by atoms with van der Waals surface area (Å²) < 4.78 is 0. The molecule has 0 aliphatic carbocycles. The van der Waals surface area contributed by atoms with E-state index in [0.29, 0.717) is 0 Å². The van der Waals surface area contributed by atoms with Crippen molar-refractivity contribution in [1.82, 2.24) is 0 Å². The van der Waals surface area contributed by atoms with Crippen LogP contribution in [0.15, 0.2) is 16.0 Å². The first kappa shape index (κ1) is 9.76. The smallest absolute Gasteiger partial charge is 0.0683 e. The van der Waals surface area contributed by atoms with Gasteiger partial charge in [-0.25, -0.2) is 0 Å². The maximum Gasteiger partial charge on any atom is 0.0683 e. The first-order valence-electron chi connectivity index (χ1n) is 3.46. The lowest BCUT2D eigenvalue weighted by Gasteiger charge is -1.94. The first-order chi connectivity index (χ1) is 4.70. The Morgan fingerprint density at radius 3 is 2.50 bits per heavy atom. The highest BCUT2D eigenvalue weighted by molar-refractivity contribution is 8.16. The fourth-order valence-electron chi connectivity index (χ4n) is 0.322. The Hall–Kier alpha value is -0.240. The van der Waals surface area contributed by atoms with Crippen LogP contribution in [0.5, 0.6) is 0 Å². The maximum absolute atomic E-state index is 4.03. The van der Waals surface area contributed by atoms with Crippen LogP contribution in [0, 0.1) is 0 Å². The van der Waals surface area contributed by atoms with Gasteiger partial charge in [0.1, 0.15) is 0 Å². The molecule has 10 heavy (non-hydrogen) atoms. The minimum absolute atomic E-state index is 1.12. The molecule has 0 radical (unpaired) electrons. The molecule has 0 heterocycles. The number of hydrogen-bond acceptors (Lipinski definition) is 2. The Labute approximate surface area is 67.6 Å². The highest BCUT2D eigenvalue weighted by atomic mass is 32.2. The van der Waals surface area contributed by atoms with Gasteiger partial charge >= 0.3 is 0 Å². The van der Waals surface area contributed by atoms with E-state index >= 15 is 0 Å². The lowest BCUT2D eigenvalue weighted by molar-refractivity contribution is 1.11. The van der Waals surface area contributed by atoms with Gasteiger partial charge in [0.25, 0.3) is 0 Å². The van der Waals surface area contributed by atoms with E-state index in [1.165, 1.54) is 5.57 Å². The molecule has 0 saturated carbocycles. The molecule has 0 aliphatic rings. The van der Waals surface area contributed by atoms with E-state index in [1.807, 2.05) is 14.0 Å². The molecular weight excluding hydrogens is 142 g/mol. The van der Waals surface area contributed by atoms with Crippen molar-refractivity contribution >= 4 is 16.8 Å². The SMILES string of the molecule is CC/C(C)=C/S/C(C)=N\C. The van der Waals surface area contributed by atoms with Crippen molar-refractivity contribution in [2.45, 2.75) is 27.2 Å². The van der Waals surface area contributed by atoms with Gasteiger partial charge < -0.3 is 0 Å². The number of aliphatic imine (C=N–C) groups is 1. The Kier molecular flexibility index (Phi) is 5.40. The minimum Gasteiger partial charge on any atom is -0.286 e. The number of rotatable bonds is 2. The van der Waals surface area contributed by atoms with Crippen molar-refractivity contribution in [3.8, 4) is 0 Å². The average molecular weight is 157 g/mol. The predicted molar refractivity (Wildman–Crippen MR) is 50.7 cm³/mol. The largest absolute Gasteiger partial charge is 0.286 e. The van der Waals surface area contributed by atoms with Gasteiger partial charge in [-0.1, -0.05) is 24.3 Å². The molecule has 0 aromatic rings. The van der Waals surface area contributed by atoms with Crippen LogP contribution in [0.25, 0.3) is 0 Å². The molecule has 0 rings (SSSR count). The van der Waals surface area contributed by atoms with E-state index in [9.17, 15) is 0 Å². The summed E-state index contributed by atoms with van der Waals surface area (Å²) in [6.07, 6.45) is 1.13. The van der Waals surface area contributed by atoms with Crippen LogP contribution in [0.2, 0.25) is 0 Å². The molecule has 0 amide bonds. The van der Waals surface area contributed by atoms with Crippen LogP contribution >= 0.6 is 11.8 Å². The van der Waals surface area contributed by atoms with E-state index in [4.69, 9.17) is 0 Å². The van der Waals surface area contributed by atoms with Crippen LogP contribution in [-0.2, 0) is 0 Å². The summed E-state index contributed by atoms with van der Waals surface area (Å²) in [5, 5.41) is 3.27. The zero-order valence-corrected chi connectivity index (χ0v) is 7.96. The molecule has 0 atom stereocenters. The highest BCUT2D eigenvalue weighted by Gasteiger charge is 1.86. The lowest BCUT2D eigenvalue weighted by Crippen LogP contribution is -1.78. The van der Waals surface area contributed by atoms with E-state index in [1.54, 1.807) is 11.8 Å². The number of allylic oxidation sites excluding steroid dienone is 1. The quantitative estimate of drug-likeness (QED) is 0.443. The molecule has 1 nitrogen and oxygen atoms in total. The average Bonchev–Trinajstić information content (AvgIpc) is 1.99. The topological polar surface area (TPSA) is 12.4 Å². The van der Waals surface area contributed by atoms with Crippen molar-refractivity contribution in [3.63, 3.8) is 0 Å². The standard InChI is InChI=1S/C8H15NS/c1-5-7(2)6-10-8(3)9-4/h6H,5H2,1-4H3/b7-6+,9-8-. The molecule has 58 valence electrons. The first-order valence-corrected chi connectivity index (χ1v) is 4.34. The summed E-state index contributed by atoms with van der Waals surface area (Å²) in [5.74, 6) is 0. The summed E-state index contributed by atoms with van der Waals surface area (Å²) >= 11 is 1.70. The van der Waals surface area contributed by atoms with Crippen molar-refractivity contribution in [3.05, 3.63) is 11.0 Å². The van der Waals surface area contributed by atoms with E-state index in [0.717, 1.165) is 11.5 Å². The Morgan fingerprint density at radius 2 is 2.10 bits per heavy atom. The molecule has 0 N–H and O–H groups in total. The third-order valence-electron chi connectivity index (χ3n) is 1.30. The summed E-state index contributed by atoms with van der Waals surface area (Å²) in [5.41, 5.74) is 1.41. The second-order valence-electron chi connectivity index (χ2n) is 2.18. The molecule has 0 aliphatic heterocycles. The number of hydrogen-bond donors (Lipinski definition) is 0. The van der Waals surface area contributed by atoms with Gasteiger partial charge in [0.2, 0.25) is 0 Å². The molecular formula is C8H15NS. The van der Waals surface area contributed by atoms with Crippen LogP contribution in [-0.4, -0.2) is 12.1 Å². The predicted octanol–water partition coefficient (Wildman–Crippen LogP) is 3.08. The number of nitrogens with zero attached hydrogens (tertiary/aromatic N) is 1. The van der Waals surface area contributed by atoms with Gasteiger partial charge in [0.05, 0.1) is 5.04 Å². The Morgan fingerprint density at radius 1 is 1.50 bits per heavy atom. The van der Waals surface area contributed by atoms with Crippen LogP contribution in [0.1, 0.15) is 27.2 Å². The van der Waals surface area contributed by atoms with Crippen LogP contribution in [0.4, 0.5) is 0 Å². The molecule has 0 fully saturated rings. The normalized spacial score (nSPS) is 14.0. The van der Waals surface area contributed by atoms with Crippen molar-refractivity contribution in [2.24, 2.45) is 4.99 Å². The molecule has 0 aromatic carbocycles. The minimum atomic E-state index is 1.12. The molecule has 0 unspecified atom stereocenters. The second-order valence-corrected chi connectivity index (χ2v) is 3.24. The van der Waals surface area contributed by atoms with E-state index in [-0.39, 0.29) is 0 Å². The lowest BCUT2D eigenvalue weighted by atomic mass is 10.3. The van der Waals surface area contributed by atoms with Crippen LogP contribution < -0.4 is 0 Å². The Balaban J connectivity index is 3.72. The summed E-state index contributed by atoms with van der Waals surface area (Å²) in [4.78, 5) is 4.03. The molecule has 0 bridgehead atoms. The van der Waals surface area contributed by atoms with E-state index in [2.05, 4.69) is 24.2 Å². The summed E-state index contributed by atoms with van der Waals surface area (Å²) in [6.45, 7) is 6.31. The van der Waals surface area contributed by atoms with Crippen molar-refractivity contribution in [1.29, 1.82) is 0 Å². The van der Waals surface area contributed by atoms with Gasteiger partial charge in [-0.3, -0.25) is 4.99 Å². The molecule has 0 spiro atoms. The second kappa shape index (κ2) is 5.54. The van der Waals surface area contributed by atoms with Gasteiger partial charge in [0.15, 0.2) is 0 Å². The number of thioether (sulfide) groups is 1. The monoisotopic (exact) mass is 157 g/mol. The fraction of sp³-hybridized carbons (Fsp3) is 0.625. The fourth-order valence-corrected chi connectivity index (χ4v) is 0.966. The molecule has 2 heteroatoms. The third-order valence-corrected chi connectivity index (χ3v) is 2.35. The van der Waals surface area contributed by atoms with Gasteiger partial charge in [-0.2, -0.15) is 0 Å². The van der Waals surface area contributed by atoms with E-state index < -0.39 is 0 Å². The third kappa shape index (κ3) is 4.62. The van der Waals surface area contributed by atoms with Crippen molar-refractivity contribution in [2.75, 3.05) is 7.05 Å². The van der Waals surface area contributed by atoms with Gasteiger partial charge in [-0.15, -0.1) is 0 Å². The zero-order valence-electron chi connectivity index (χ0n) is 7.14. The maximum atomic E-state index is 4.03. The van der Waals surface area contributed by atoms with Crippen LogP contribution in [0.3, 0.4) is 0 Å². The Bertz CT molecular complexity index is 147. The highest BCUT2D eigenvalue weighted by Crippen LogP contribution is 2.10. The van der Waals surface area contributed by atoms with Crippen molar-refractivity contribution < 1.29 is 0 Å².